The van der Waals surface area contributed by atoms with E-state index in [2.05, 4.69) is 11.4 Å². The molecule has 1 aliphatic heterocycles. The standard InChI is InChI=1S/C22H15ClN4O3S/c23-15-5-7-16(8-6-15)25-20(28)13-27-21(29)19(31-22(27)30)11-14-12-26(10-9-24)18-4-2-1-3-17(14)18/h1-8,11-12H,10,13H2,(H,25,28). The zero-order valence-electron chi connectivity index (χ0n) is 16.0. The number of nitrogens with one attached hydrogen (secondary N) is 1. The molecule has 0 saturated carbocycles. The number of rotatable bonds is 5. The fourth-order valence-electron chi connectivity index (χ4n) is 3.25. The highest BCUT2D eigenvalue weighted by molar-refractivity contribution is 8.18. The van der Waals surface area contributed by atoms with Crippen LogP contribution in [0.15, 0.2) is 59.6 Å². The van der Waals surface area contributed by atoms with Crippen molar-refractivity contribution in [3.05, 3.63) is 70.2 Å². The van der Waals surface area contributed by atoms with E-state index >= 15 is 0 Å². The normalized spacial score (nSPS) is 15.0. The van der Waals surface area contributed by atoms with Gasteiger partial charge in [0, 0.05) is 33.4 Å². The number of anilines is 1. The van der Waals surface area contributed by atoms with Crippen LogP contribution in [0.3, 0.4) is 0 Å². The molecule has 2 aromatic carbocycles. The van der Waals surface area contributed by atoms with Crippen molar-refractivity contribution in [1.82, 2.24) is 9.47 Å². The Hall–Kier alpha value is -3.54. The monoisotopic (exact) mass is 450 g/mol. The molecule has 0 unspecified atom stereocenters. The second-order valence-corrected chi connectivity index (χ2v) is 8.14. The van der Waals surface area contributed by atoms with Crippen molar-refractivity contribution < 1.29 is 14.4 Å². The Balaban J connectivity index is 1.54. The van der Waals surface area contributed by atoms with Gasteiger partial charge in [-0.25, -0.2) is 0 Å². The van der Waals surface area contributed by atoms with Crippen molar-refractivity contribution in [2.75, 3.05) is 11.9 Å². The second-order valence-electron chi connectivity index (χ2n) is 6.71. The Bertz CT molecular complexity index is 1270. The Morgan fingerprint density at radius 1 is 1.16 bits per heavy atom. The number of para-hydroxylation sites is 1. The van der Waals surface area contributed by atoms with E-state index in [4.69, 9.17) is 16.9 Å². The molecule has 4 rings (SSSR count). The van der Waals surface area contributed by atoms with Gasteiger partial charge in [0.2, 0.25) is 5.91 Å². The van der Waals surface area contributed by atoms with Crippen molar-refractivity contribution >= 4 is 63.1 Å². The molecule has 7 nitrogen and oxygen atoms in total. The van der Waals surface area contributed by atoms with Crippen LogP contribution >= 0.6 is 23.4 Å². The van der Waals surface area contributed by atoms with Gasteiger partial charge in [0.1, 0.15) is 13.1 Å². The summed E-state index contributed by atoms with van der Waals surface area (Å²) < 4.78 is 1.78. The number of nitriles is 1. The Morgan fingerprint density at radius 3 is 2.65 bits per heavy atom. The maximum atomic E-state index is 12.8. The van der Waals surface area contributed by atoms with Gasteiger partial charge in [0.15, 0.2) is 0 Å². The lowest BCUT2D eigenvalue weighted by molar-refractivity contribution is -0.127. The molecule has 1 aromatic heterocycles. The molecule has 1 saturated heterocycles. The number of fused-ring (bicyclic) bond motifs is 1. The summed E-state index contributed by atoms with van der Waals surface area (Å²) >= 11 is 6.61. The number of amides is 3. The highest BCUT2D eigenvalue weighted by Crippen LogP contribution is 2.34. The van der Waals surface area contributed by atoms with Gasteiger partial charge in [-0.05, 0) is 48.2 Å². The van der Waals surface area contributed by atoms with Gasteiger partial charge in [-0.2, -0.15) is 5.26 Å². The lowest BCUT2D eigenvalue weighted by Gasteiger charge is -2.12. The fraction of sp³-hybridized carbons (Fsp3) is 0.0909. The van der Waals surface area contributed by atoms with Crippen LogP contribution in [0.2, 0.25) is 5.02 Å². The molecule has 0 aliphatic carbocycles. The fourth-order valence-corrected chi connectivity index (χ4v) is 4.21. The molecule has 2 heterocycles. The summed E-state index contributed by atoms with van der Waals surface area (Å²) in [5.74, 6) is -1.02. The summed E-state index contributed by atoms with van der Waals surface area (Å²) in [6.07, 6.45) is 3.40. The number of imide groups is 1. The van der Waals surface area contributed by atoms with Crippen molar-refractivity contribution in [2.24, 2.45) is 0 Å². The zero-order valence-corrected chi connectivity index (χ0v) is 17.6. The minimum absolute atomic E-state index is 0.167. The molecule has 0 radical (unpaired) electrons. The quantitative estimate of drug-likeness (QED) is 0.577. The highest BCUT2D eigenvalue weighted by Gasteiger charge is 2.36. The predicted octanol–water partition coefficient (Wildman–Crippen LogP) is 4.49. The van der Waals surface area contributed by atoms with Crippen LogP contribution < -0.4 is 5.32 Å². The van der Waals surface area contributed by atoms with Crippen LogP contribution in [0.25, 0.3) is 17.0 Å². The van der Waals surface area contributed by atoms with E-state index in [1.807, 2.05) is 24.3 Å². The third kappa shape index (κ3) is 4.33. The van der Waals surface area contributed by atoms with Gasteiger partial charge in [0.25, 0.3) is 11.1 Å². The van der Waals surface area contributed by atoms with Gasteiger partial charge in [-0.3, -0.25) is 19.3 Å². The lowest BCUT2D eigenvalue weighted by Crippen LogP contribution is -2.36. The van der Waals surface area contributed by atoms with Gasteiger partial charge in [-0.15, -0.1) is 0 Å². The summed E-state index contributed by atoms with van der Waals surface area (Å²) in [6, 6.07) is 16.1. The first-order valence-electron chi connectivity index (χ1n) is 9.22. The highest BCUT2D eigenvalue weighted by atomic mass is 35.5. The van der Waals surface area contributed by atoms with Crippen LogP contribution in [0.4, 0.5) is 10.5 Å². The molecule has 1 fully saturated rings. The third-order valence-corrected chi connectivity index (χ3v) is 5.81. The first kappa shape index (κ1) is 20.7. The van der Waals surface area contributed by atoms with Crippen molar-refractivity contribution in [3.63, 3.8) is 0 Å². The number of nitrogens with zero attached hydrogens (tertiary/aromatic N) is 3. The molecule has 3 amide bonds. The number of carbonyl (C=O) groups is 3. The van der Waals surface area contributed by atoms with Crippen LogP contribution in [0.1, 0.15) is 5.56 Å². The molecule has 1 aliphatic rings. The first-order valence-corrected chi connectivity index (χ1v) is 10.4. The van der Waals surface area contributed by atoms with E-state index < -0.39 is 17.1 Å². The van der Waals surface area contributed by atoms with Gasteiger partial charge in [0.05, 0.1) is 11.0 Å². The molecule has 3 aromatic rings. The average Bonchev–Trinajstić information content (AvgIpc) is 3.22. The molecule has 154 valence electrons. The van der Waals surface area contributed by atoms with Crippen molar-refractivity contribution in [3.8, 4) is 6.07 Å². The molecule has 0 atom stereocenters. The zero-order chi connectivity index (χ0) is 22.0. The summed E-state index contributed by atoms with van der Waals surface area (Å²) in [4.78, 5) is 38.6. The van der Waals surface area contributed by atoms with Crippen LogP contribution in [0.5, 0.6) is 0 Å². The number of benzene rings is 2. The first-order chi connectivity index (χ1) is 15.0. The maximum Gasteiger partial charge on any atom is 0.294 e. The molecule has 9 heteroatoms. The van der Waals surface area contributed by atoms with Gasteiger partial charge >= 0.3 is 0 Å². The number of hydrogen-bond donors (Lipinski definition) is 1. The van der Waals surface area contributed by atoms with E-state index in [1.54, 1.807) is 41.1 Å². The number of carbonyl (C=O) groups excluding carboxylic acids is 3. The molecular formula is C22H15ClN4O3S. The Morgan fingerprint density at radius 2 is 1.90 bits per heavy atom. The molecule has 0 spiro atoms. The molecular weight excluding hydrogens is 436 g/mol. The topological polar surface area (TPSA) is 95.2 Å². The number of hydrogen-bond acceptors (Lipinski definition) is 5. The van der Waals surface area contributed by atoms with Gasteiger partial charge < -0.3 is 9.88 Å². The Labute approximate surface area is 186 Å². The van der Waals surface area contributed by atoms with E-state index in [9.17, 15) is 14.4 Å². The van der Waals surface area contributed by atoms with E-state index in [-0.39, 0.29) is 18.0 Å². The van der Waals surface area contributed by atoms with E-state index in [0.717, 1.165) is 33.1 Å². The second kappa shape index (κ2) is 8.68. The SMILES string of the molecule is N#CCn1cc(C=C2SC(=O)N(CC(=O)Nc3ccc(Cl)cc3)C2=O)c2ccccc21. The van der Waals surface area contributed by atoms with Gasteiger partial charge in [-0.1, -0.05) is 29.8 Å². The minimum Gasteiger partial charge on any atom is -0.333 e. The molecule has 0 bridgehead atoms. The van der Waals surface area contributed by atoms with E-state index in [1.165, 1.54) is 0 Å². The molecule has 1 N–H and O–H groups in total. The van der Waals surface area contributed by atoms with Crippen LogP contribution in [-0.2, 0) is 16.1 Å². The molecule has 31 heavy (non-hydrogen) atoms. The minimum atomic E-state index is -0.529. The smallest absolute Gasteiger partial charge is 0.294 e. The predicted molar refractivity (Wildman–Crippen MR) is 120 cm³/mol. The summed E-state index contributed by atoms with van der Waals surface area (Å²) in [5.41, 5.74) is 2.10. The Kier molecular flexibility index (Phi) is 5.80. The van der Waals surface area contributed by atoms with Crippen molar-refractivity contribution in [1.29, 1.82) is 5.26 Å². The summed E-state index contributed by atoms with van der Waals surface area (Å²) in [7, 11) is 0. The average molecular weight is 451 g/mol. The van der Waals surface area contributed by atoms with Crippen molar-refractivity contribution in [2.45, 2.75) is 6.54 Å². The number of halogens is 1. The summed E-state index contributed by atoms with van der Waals surface area (Å²) in [5, 5.41) is 12.6. The largest absolute Gasteiger partial charge is 0.333 e. The van der Waals surface area contributed by atoms with E-state index in [0.29, 0.717) is 10.7 Å². The number of aromatic nitrogens is 1. The number of thioether (sulfide) groups is 1. The van der Waals surface area contributed by atoms with Crippen LogP contribution in [0, 0.1) is 11.3 Å². The third-order valence-electron chi connectivity index (χ3n) is 4.65. The van der Waals surface area contributed by atoms with Crippen LogP contribution in [-0.4, -0.2) is 33.1 Å². The maximum absolute atomic E-state index is 12.8. The lowest BCUT2D eigenvalue weighted by atomic mass is 10.1. The summed E-state index contributed by atoms with van der Waals surface area (Å²) in [6.45, 7) is -0.221.